The molecule has 1 aliphatic heterocycles. The molecule has 0 atom stereocenters. The van der Waals surface area contributed by atoms with Crippen LogP contribution >= 0.6 is 0 Å². The number of likely N-dealkylation sites (tertiary alicyclic amines) is 1. The monoisotopic (exact) mass is 222 g/mol. The van der Waals surface area contributed by atoms with E-state index in [1.807, 2.05) is 0 Å². The SMILES string of the molecule is CC1(O)CN(C(=O)c2cc(O)ccc2N)C1. The Balaban J connectivity index is 2.19. The molecule has 86 valence electrons. The maximum atomic E-state index is 11.9. The molecule has 2 rings (SSSR count). The van der Waals surface area contributed by atoms with Crippen LogP contribution in [0.25, 0.3) is 0 Å². The molecule has 1 fully saturated rings. The summed E-state index contributed by atoms with van der Waals surface area (Å²) in [4.78, 5) is 13.4. The molecule has 4 N–H and O–H groups in total. The van der Waals surface area contributed by atoms with E-state index in [2.05, 4.69) is 0 Å². The minimum absolute atomic E-state index is 0.00448. The van der Waals surface area contributed by atoms with E-state index in [1.165, 1.54) is 23.1 Å². The fourth-order valence-electron chi connectivity index (χ4n) is 1.82. The number of hydrogen-bond acceptors (Lipinski definition) is 4. The highest BCUT2D eigenvalue weighted by Crippen LogP contribution is 2.26. The van der Waals surface area contributed by atoms with Gasteiger partial charge in [-0.1, -0.05) is 0 Å². The lowest BCUT2D eigenvalue weighted by molar-refractivity contribution is -0.0668. The standard InChI is InChI=1S/C11H14N2O3/c1-11(16)5-13(6-11)10(15)8-4-7(14)2-3-9(8)12/h2-4,14,16H,5-6,12H2,1H3. The Labute approximate surface area is 93.1 Å². The molecule has 1 amide bonds. The van der Waals surface area contributed by atoms with Crippen molar-refractivity contribution in [3.63, 3.8) is 0 Å². The van der Waals surface area contributed by atoms with Gasteiger partial charge in [0.05, 0.1) is 24.3 Å². The maximum Gasteiger partial charge on any atom is 0.256 e. The Morgan fingerprint density at radius 2 is 2.12 bits per heavy atom. The van der Waals surface area contributed by atoms with E-state index < -0.39 is 5.60 Å². The van der Waals surface area contributed by atoms with Crippen molar-refractivity contribution in [1.82, 2.24) is 4.90 Å². The van der Waals surface area contributed by atoms with Crippen molar-refractivity contribution in [3.8, 4) is 5.75 Å². The molecule has 0 bridgehead atoms. The van der Waals surface area contributed by atoms with E-state index in [9.17, 15) is 15.0 Å². The smallest absolute Gasteiger partial charge is 0.256 e. The van der Waals surface area contributed by atoms with Gasteiger partial charge in [0, 0.05) is 5.69 Å². The number of benzene rings is 1. The number of phenolic OH excluding ortho intramolecular Hbond substituents is 1. The molecule has 0 radical (unpaired) electrons. The topological polar surface area (TPSA) is 86.8 Å². The Hall–Kier alpha value is -1.75. The highest BCUT2D eigenvalue weighted by molar-refractivity contribution is 6.00. The number of aromatic hydroxyl groups is 1. The summed E-state index contributed by atoms with van der Waals surface area (Å²) in [6.07, 6.45) is 0. The first-order valence-electron chi connectivity index (χ1n) is 4.99. The minimum Gasteiger partial charge on any atom is -0.508 e. The molecule has 0 unspecified atom stereocenters. The van der Waals surface area contributed by atoms with Crippen LogP contribution in [0.1, 0.15) is 17.3 Å². The Morgan fingerprint density at radius 3 is 2.69 bits per heavy atom. The first-order chi connectivity index (χ1) is 7.39. The summed E-state index contributed by atoms with van der Waals surface area (Å²) in [6.45, 7) is 2.25. The zero-order valence-electron chi connectivity index (χ0n) is 8.97. The zero-order valence-corrected chi connectivity index (χ0v) is 8.97. The van der Waals surface area contributed by atoms with Gasteiger partial charge in [0.15, 0.2) is 0 Å². The third-order valence-corrected chi connectivity index (χ3v) is 2.62. The van der Waals surface area contributed by atoms with Crippen LogP contribution in [0.2, 0.25) is 0 Å². The fraction of sp³-hybridized carbons (Fsp3) is 0.364. The summed E-state index contributed by atoms with van der Waals surface area (Å²) in [7, 11) is 0. The van der Waals surface area contributed by atoms with Gasteiger partial charge in [0.2, 0.25) is 0 Å². The molecule has 0 aromatic heterocycles. The number of carbonyl (C=O) groups excluding carboxylic acids is 1. The first kappa shape index (κ1) is 10.8. The van der Waals surface area contributed by atoms with Crippen molar-refractivity contribution < 1.29 is 15.0 Å². The van der Waals surface area contributed by atoms with Crippen molar-refractivity contribution in [3.05, 3.63) is 23.8 Å². The van der Waals surface area contributed by atoms with E-state index in [0.717, 1.165) is 0 Å². The molecule has 5 nitrogen and oxygen atoms in total. The number of anilines is 1. The molecule has 16 heavy (non-hydrogen) atoms. The summed E-state index contributed by atoms with van der Waals surface area (Å²) in [6, 6.07) is 4.25. The number of nitrogens with zero attached hydrogens (tertiary/aromatic N) is 1. The van der Waals surface area contributed by atoms with Crippen LogP contribution in [0.3, 0.4) is 0 Å². The van der Waals surface area contributed by atoms with E-state index in [0.29, 0.717) is 18.8 Å². The average molecular weight is 222 g/mol. The molecule has 1 aromatic rings. The number of β-amino-alcohol motifs (C(OH)–C–C–N with tert-alkyl or cyclic N) is 1. The average Bonchev–Trinajstić information content (AvgIpc) is 2.17. The van der Waals surface area contributed by atoms with E-state index in [1.54, 1.807) is 6.92 Å². The fourth-order valence-corrected chi connectivity index (χ4v) is 1.82. The van der Waals surface area contributed by atoms with Gasteiger partial charge in [-0.25, -0.2) is 0 Å². The normalized spacial score (nSPS) is 18.0. The maximum absolute atomic E-state index is 11.9. The zero-order chi connectivity index (χ0) is 11.9. The molecule has 1 aliphatic rings. The number of rotatable bonds is 1. The predicted molar refractivity (Wildman–Crippen MR) is 59.0 cm³/mol. The molecular weight excluding hydrogens is 208 g/mol. The number of aliphatic hydroxyl groups is 1. The van der Waals surface area contributed by atoms with Gasteiger partial charge in [0.1, 0.15) is 5.75 Å². The minimum atomic E-state index is -0.804. The first-order valence-corrected chi connectivity index (χ1v) is 4.99. The summed E-state index contributed by atoms with van der Waals surface area (Å²) in [5.74, 6) is -0.259. The molecule has 0 aliphatic carbocycles. The van der Waals surface area contributed by atoms with E-state index >= 15 is 0 Å². The van der Waals surface area contributed by atoms with Crippen molar-refractivity contribution in [2.75, 3.05) is 18.8 Å². The van der Waals surface area contributed by atoms with Gasteiger partial charge >= 0.3 is 0 Å². The molecule has 1 heterocycles. The van der Waals surface area contributed by atoms with Gasteiger partial charge in [-0.05, 0) is 25.1 Å². The van der Waals surface area contributed by atoms with Crippen LogP contribution in [0.4, 0.5) is 5.69 Å². The summed E-state index contributed by atoms with van der Waals surface area (Å²) in [5.41, 5.74) is 5.45. The highest BCUT2D eigenvalue weighted by Gasteiger charge is 2.40. The molecular formula is C11H14N2O3. The van der Waals surface area contributed by atoms with Gasteiger partial charge in [-0.3, -0.25) is 4.79 Å². The summed E-state index contributed by atoms with van der Waals surface area (Å²) < 4.78 is 0. The van der Waals surface area contributed by atoms with Crippen molar-refractivity contribution in [1.29, 1.82) is 0 Å². The van der Waals surface area contributed by atoms with Crippen LogP contribution < -0.4 is 5.73 Å². The third-order valence-electron chi connectivity index (χ3n) is 2.62. The van der Waals surface area contributed by atoms with Gasteiger partial charge < -0.3 is 20.8 Å². The lowest BCUT2D eigenvalue weighted by Gasteiger charge is -2.44. The van der Waals surface area contributed by atoms with Gasteiger partial charge in [0.25, 0.3) is 5.91 Å². The largest absolute Gasteiger partial charge is 0.508 e. The second-order valence-electron chi connectivity index (χ2n) is 4.43. The number of hydrogen-bond donors (Lipinski definition) is 3. The number of nitrogen functional groups attached to an aromatic ring is 1. The van der Waals surface area contributed by atoms with Crippen LogP contribution in [-0.4, -0.2) is 39.7 Å². The molecule has 1 saturated heterocycles. The van der Waals surface area contributed by atoms with Crippen LogP contribution in [0.5, 0.6) is 5.75 Å². The summed E-state index contributed by atoms with van der Waals surface area (Å²) >= 11 is 0. The van der Waals surface area contributed by atoms with Crippen molar-refractivity contribution in [2.24, 2.45) is 0 Å². The van der Waals surface area contributed by atoms with Gasteiger partial charge in [-0.2, -0.15) is 0 Å². The number of nitrogens with two attached hydrogens (primary N) is 1. The lowest BCUT2D eigenvalue weighted by Crippen LogP contribution is -2.61. The highest BCUT2D eigenvalue weighted by atomic mass is 16.3. The van der Waals surface area contributed by atoms with E-state index in [4.69, 9.17) is 5.73 Å². The molecule has 0 spiro atoms. The Bertz CT molecular complexity index is 435. The second-order valence-corrected chi connectivity index (χ2v) is 4.43. The molecule has 5 heteroatoms. The third kappa shape index (κ3) is 1.81. The van der Waals surface area contributed by atoms with Crippen molar-refractivity contribution in [2.45, 2.75) is 12.5 Å². The number of amides is 1. The van der Waals surface area contributed by atoms with Crippen LogP contribution in [0, 0.1) is 0 Å². The second kappa shape index (κ2) is 3.38. The number of carbonyl (C=O) groups is 1. The van der Waals surface area contributed by atoms with Crippen molar-refractivity contribution >= 4 is 11.6 Å². The molecule has 1 aromatic carbocycles. The Kier molecular flexibility index (Phi) is 2.27. The van der Waals surface area contributed by atoms with Crippen LogP contribution in [0.15, 0.2) is 18.2 Å². The quantitative estimate of drug-likeness (QED) is 0.467. The lowest BCUT2D eigenvalue weighted by atomic mass is 9.95. The number of phenols is 1. The van der Waals surface area contributed by atoms with Crippen LogP contribution in [-0.2, 0) is 0 Å². The summed E-state index contributed by atoms with van der Waals surface area (Å²) in [5, 5.41) is 18.8. The molecule has 0 saturated carbocycles. The van der Waals surface area contributed by atoms with Gasteiger partial charge in [-0.15, -0.1) is 0 Å². The Morgan fingerprint density at radius 1 is 1.50 bits per heavy atom. The predicted octanol–water partition coefficient (Wildman–Crippen LogP) is 0.181. The van der Waals surface area contributed by atoms with E-state index in [-0.39, 0.29) is 17.2 Å².